The first-order valence-corrected chi connectivity index (χ1v) is 5.60. The summed E-state index contributed by atoms with van der Waals surface area (Å²) in [6, 6.07) is 18.6. The van der Waals surface area contributed by atoms with Crippen molar-refractivity contribution in [3.05, 3.63) is 60.2 Å². The lowest BCUT2D eigenvalue weighted by Crippen LogP contribution is -2.01. The van der Waals surface area contributed by atoms with Gasteiger partial charge in [-0.05, 0) is 35.9 Å². The third-order valence-electron chi connectivity index (χ3n) is 2.51. The molecule has 2 aromatic carbocycles. The summed E-state index contributed by atoms with van der Waals surface area (Å²) in [5.74, 6) is 1.71. The van der Waals surface area contributed by atoms with Crippen molar-refractivity contribution in [3.63, 3.8) is 0 Å². The van der Waals surface area contributed by atoms with E-state index in [1.807, 2.05) is 36.4 Å². The second-order valence-electron chi connectivity index (χ2n) is 3.68. The lowest BCUT2D eigenvalue weighted by Gasteiger charge is -2.06. The van der Waals surface area contributed by atoms with E-state index >= 15 is 0 Å². The largest absolute Gasteiger partial charge is 0.497 e. The maximum Gasteiger partial charge on any atom is 0.119 e. The summed E-state index contributed by atoms with van der Waals surface area (Å²) >= 11 is 0. The molecule has 2 aromatic rings. The Morgan fingerprint density at radius 3 is 2.24 bits per heavy atom. The minimum atomic E-state index is 0.677. The average molecular weight is 227 g/mol. The van der Waals surface area contributed by atoms with Crippen molar-refractivity contribution >= 4 is 0 Å². The Labute approximate surface area is 102 Å². The minimum Gasteiger partial charge on any atom is -0.497 e. The molecule has 2 nitrogen and oxygen atoms in total. The molecule has 17 heavy (non-hydrogen) atoms. The van der Waals surface area contributed by atoms with Crippen LogP contribution in [-0.2, 0) is 6.42 Å². The summed E-state index contributed by atoms with van der Waals surface area (Å²) < 4.78 is 10.7. The first kappa shape index (κ1) is 11.5. The second-order valence-corrected chi connectivity index (χ2v) is 3.68. The smallest absolute Gasteiger partial charge is 0.119 e. The number of methoxy groups -OCH3 is 1. The molecular formula is C15H15O2. The lowest BCUT2D eigenvalue weighted by atomic mass is 10.2. The Morgan fingerprint density at radius 1 is 0.941 bits per heavy atom. The molecule has 0 aromatic heterocycles. The molecule has 0 saturated carbocycles. The van der Waals surface area contributed by atoms with Crippen molar-refractivity contribution in [3.8, 4) is 11.5 Å². The molecule has 2 heteroatoms. The third-order valence-corrected chi connectivity index (χ3v) is 2.51. The van der Waals surface area contributed by atoms with Crippen molar-refractivity contribution < 1.29 is 9.47 Å². The van der Waals surface area contributed by atoms with Crippen LogP contribution in [0.2, 0.25) is 0 Å². The highest BCUT2D eigenvalue weighted by molar-refractivity contribution is 5.31. The summed E-state index contributed by atoms with van der Waals surface area (Å²) in [6.07, 6.45) is 0.903. The molecule has 0 aliphatic carbocycles. The summed E-state index contributed by atoms with van der Waals surface area (Å²) in [7, 11) is 1.66. The molecule has 1 radical (unpaired) electrons. The van der Waals surface area contributed by atoms with Crippen LogP contribution < -0.4 is 9.47 Å². The highest BCUT2D eigenvalue weighted by Crippen LogP contribution is 2.17. The summed E-state index contributed by atoms with van der Waals surface area (Å²) in [4.78, 5) is 0. The minimum absolute atomic E-state index is 0.677. The maximum atomic E-state index is 5.64. The van der Waals surface area contributed by atoms with E-state index in [1.165, 1.54) is 5.56 Å². The molecule has 0 spiro atoms. The van der Waals surface area contributed by atoms with E-state index in [2.05, 4.69) is 18.2 Å². The van der Waals surface area contributed by atoms with E-state index in [0.29, 0.717) is 6.61 Å². The van der Waals surface area contributed by atoms with Gasteiger partial charge in [0.25, 0.3) is 0 Å². The van der Waals surface area contributed by atoms with E-state index in [-0.39, 0.29) is 0 Å². The topological polar surface area (TPSA) is 18.5 Å². The Hall–Kier alpha value is -1.96. The van der Waals surface area contributed by atoms with Crippen LogP contribution in [0.1, 0.15) is 5.56 Å². The van der Waals surface area contributed by atoms with Crippen LogP contribution in [0, 0.1) is 6.07 Å². The van der Waals surface area contributed by atoms with Gasteiger partial charge in [-0.25, -0.2) is 0 Å². The van der Waals surface area contributed by atoms with Crippen molar-refractivity contribution in [1.29, 1.82) is 0 Å². The van der Waals surface area contributed by atoms with Gasteiger partial charge in [-0.2, -0.15) is 0 Å². The normalized spacial score (nSPS) is 9.94. The van der Waals surface area contributed by atoms with Crippen molar-refractivity contribution in [1.82, 2.24) is 0 Å². The first-order valence-electron chi connectivity index (χ1n) is 5.60. The van der Waals surface area contributed by atoms with Crippen LogP contribution in [0.5, 0.6) is 11.5 Å². The van der Waals surface area contributed by atoms with Crippen molar-refractivity contribution in [2.45, 2.75) is 6.42 Å². The molecular weight excluding hydrogens is 212 g/mol. The number of rotatable bonds is 5. The van der Waals surface area contributed by atoms with E-state index < -0.39 is 0 Å². The predicted octanol–water partition coefficient (Wildman–Crippen LogP) is 3.12. The molecule has 0 aliphatic rings. The van der Waals surface area contributed by atoms with Crippen LogP contribution in [0.4, 0.5) is 0 Å². The molecule has 0 aliphatic heterocycles. The zero-order chi connectivity index (χ0) is 11.9. The quantitative estimate of drug-likeness (QED) is 0.781. The zero-order valence-electron chi connectivity index (χ0n) is 9.85. The Kier molecular flexibility index (Phi) is 4.03. The fraction of sp³-hybridized carbons (Fsp3) is 0.200. The monoisotopic (exact) mass is 227 g/mol. The molecule has 2 rings (SSSR count). The van der Waals surface area contributed by atoms with E-state index in [0.717, 1.165) is 17.9 Å². The maximum absolute atomic E-state index is 5.64. The van der Waals surface area contributed by atoms with Gasteiger partial charge >= 0.3 is 0 Å². The molecule has 0 N–H and O–H groups in total. The van der Waals surface area contributed by atoms with Gasteiger partial charge in [0.15, 0.2) is 0 Å². The van der Waals surface area contributed by atoms with Crippen molar-refractivity contribution in [2.24, 2.45) is 0 Å². The van der Waals surface area contributed by atoms with Gasteiger partial charge in [0, 0.05) is 6.42 Å². The van der Waals surface area contributed by atoms with Gasteiger partial charge in [0.2, 0.25) is 0 Å². The zero-order valence-corrected chi connectivity index (χ0v) is 9.85. The molecule has 87 valence electrons. The number of benzene rings is 2. The number of ether oxygens (including phenoxy) is 2. The van der Waals surface area contributed by atoms with Gasteiger partial charge in [-0.15, -0.1) is 0 Å². The van der Waals surface area contributed by atoms with Crippen LogP contribution in [0.3, 0.4) is 0 Å². The number of hydrogen-bond donors (Lipinski definition) is 0. The summed E-state index contributed by atoms with van der Waals surface area (Å²) in [5, 5.41) is 0. The molecule has 0 bridgehead atoms. The molecule has 0 fully saturated rings. The van der Waals surface area contributed by atoms with E-state index in [4.69, 9.17) is 9.47 Å². The van der Waals surface area contributed by atoms with Gasteiger partial charge < -0.3 is 9.47 Å². The SMILES string of the molecule is COc1ccc(OCCc2cc[c]cc2)cc1. The summed E-state index contributed by atoms with van der Waals surface area (Å²) in [6.45, 7) is 0.677. The average Bonchev–Trinajstić information content (AvgIpc) is 2.41. The van der Waals surface area contributed by atoms with Gasteiger partial charge in [-0.3, -0.25) is 0 Å². The van der Waals surface area contributed by atoms with Crippen LogP contribution in [-0.4, -0.2) is 13.7 Å². The third kappa shape index (κ3) is 3.52. The fourth-order valence-corrected chi connectivity index (χ4v) is 1.55. The van der Waals surface area contributed by atoms with Gasteiger partial charge in [-0.1, -0.05) is 24.3 Å². The molecule has 0 unspecified atom stereocenters. The highest BCUT2D eigenvalue weighted by atomic mass is 16.5. The van der Waals surface area contributed by atoms with E-state index in [9.17, 15) is 0 Å². The molecule has 0 amide bonds. The van der Waals surface area contributed by atoms with E-state index in [1.54, 1.807) is 7.11 Å². The number of hydrogen-bond acceptors (Lipinski definition) is 2. The van der Waals surface area contributed by atoms with Crippen LogP contribution in [0.25, 0.3) is 0 Å². The Balaban J connectivity index is 1.82. The highest BCUT2D eigenvalue weighted by Gasteiger charge is 1.96. The van der Waals surface area contributed by atoms with Gasteiger partial charge in [0.1, 0.15) is 11.5 Å². The molecule has 0 heterocycles. The summed E-state index contributed by atoms with van der Waals surface area (Å²) in [5.41, 5.74) is 1.26. The molecule has 0 atom stereocenters. The Morgan fingerprint density at radius 2 is 1.59 bits per heavy atom. The molecule has 0 saturated heterocycles. The lowest BCUT2D eigenvalue weighted by molar-refractivity contribution is 0.321. The standard InChI is InChI=1S/C15H15O2/c1-16-14-7-9-15(10-8-14)17-12-11-13-5-3-2-4-6-13/h3-10H,11-12H2,1H3. The first-order chi connectivity index (χ1) is 8.38. The fourth-order valence-electron chi connectivity index (χ4n) is 1.55. The second kappa shape index (κ2) is 5.94. The van der Waals surface area contributed by atoms with Crippen LogP contribution >= 0.6 is 0 Å². The predicted molar refractivity (Wildman–Crippen MR) is 67.5 cm³/mol. The van der Waals surface area contributed by atoms with Gasteiger partial charge in [0.05, 0.1) is 13.7 Å². The Bertz CT molecular complexity index is 434. The van der Waals surface area contributed by atoms with Crippen molar-refractivity contribution in [2.75, 3.05) is 13.7 Å². The van der Waals surface area contributed by atoms with Crippen LogP contribution in [0.15, 0.2) is 48.5 Å².